The zero-order valence-electron chi connectivity index (χ0n) is 78.9. The van der Waals surface area contributed by atoms with Crippen LogP contribution in [-0.4, -0.2) is 324 Å². The zero-order valence-corrected chi connectivity index (χ0v) is 79.7. The molecule has 0 bridgehead atoms. The third-order valence-electron chi connectivity index (χ3n) is 23.4. The van der Waals surface area contributed by atoms with Crippen LogP contribution in [-0.2, 0) is 112 Å². The molecule has 2 aliphatic rings. The molecular weight excluding hydrogens is 1840 g/mol. The maximum Gasteiger partial charge on any atom is 0.490 e. The molecule has 2 saturated heterocycles. The number of aliphatic carboxylic acids is 1. The first-order valence-corrected chi connectivity index (χ1v) is 46.6. The number of imidazole rings is 1. The molecule has 23 N–H and O–H groups in total. The number of carbonyl (C=O) groups is 18. The molecule has 2 aliphatic heterocycles. The minimum Gasteiger partial charge on any atom is -0.475 e. The number of aliphatic hydroxyl groups excluding tert-OH is 1. The van der Waals surface area contributed by atoms with Crippen molar-refractivity contribution in [2.75, 3.05) is 72.5 Å². The number of rotatable bonds is 26. The van der Waals surface area contributed by atoms with Gasteiger partial charge in [-0.15, -0.1) is 11.8 Å². The molecular formula is C91H127F3N24O20S. The molecule has 2 fully saturated rings. The van der Waals surface area contributed by atoms with Gasteiger partial charge in [-0.1, -0.05) is 120 Å². The number of benzene rings is 3. The number of nitrogens with zero attached hydrogens (tertiary/aromatic N) is 6. The second-order valence-electron chi connectivity index (χ2n) is 34.5. The lowest BCUT2D eigenvalue weighted by Crippen LogP contribution is -2.61. The molecule has 0 spiro atoms. The summed E-state index contributed by atoms with van der Waals surface area (Å²) < 4.78 is 31.7. The van der Waals surface area contributed by atoms with Gasteiger partial charge < -0.3 is 125 Å². The van der Waals surface area contributed by atoms with Gasteiger partial charge in [0.15, 0.2) is 5.96 Å². The molecule has 3 aromatic heterocycles. The quantitative estimate of drug-likeness (QED) is 0.0167. The SMILES string of the molecule is CCCCC1C(=O)N(C)C(CCCC)C(=O)NC(CCCNC(=N)N)C(=O)NC(C(=O)NCC(N)=O)CSCC(=O)NC(Cc2ccccc2)C(=O)N(C)C(C)C(=O)NC(CC(N)=O)C(=O)N2CCCC2C(=O)NC(Cc2cnc[nH]2)C(=O)NC(CC(C)C)C(=O)N(C)CC(=O)NC(Cc2c[nH]c3ccccc23)C(=O)NC(CO)C(=O)NC(Cc2c[nH]c3ccccc23)C(=O)N1C.O=C(O)C(F)(F)F. The summed E-state index contributed by atoms with van der Waals surface area (Å²) >= 11 is 0.795. The standard InChI is InChI=1S/C89H126N24O18S.C2HF3O2/c1-10-12-30-69-82(125)102-60(29-21-33-95-89(92)93)78(121)108-68(77(120)98-44-73(91)116)47-132-48-75(118)101-64(36-52-23-15-14-16-24-52)85(128)110(7)51(5)76(119)104-66(40-72(90)115)87(130)113-34-22-32-70(113)83(126)103-62(39-55-43-94-49-99-55)80(123)105-63(35-50(3)4)84(127)109(6)45-74(117)100-61(37-53-41-96-58-27-19-17-25-56(53)58)79(122)107-67(46-114)81(124)106-65(38-54-42-97-59-28-20-18-26-57(54)59)86(129)112(9)71(31-13-11-2)88(131)111(69)8;3-2(4,5)1(6)7/h14-20,23-28,41-43,49-51,60-71,96-97,114H,10-13,21-22,29-40,44-48H2,1-9H3,(H2,90,115)(H2,91,116)(H,94,99)(H,98,120)(H,100,117)(H,101,118)(H,102,125)(H,103,126)(H,104,119)(H,105,123)(H,106,124)(H,107,122)(H,108,121)(H4,92,93,95);(H,6,7). The lowest BCUT2D eigenvalue weighted by Gasteiger charge is -2.36. The van der Waals surface area contributed by atoms with Gasteiger partial charge in [-0.3, -0.25) is 86.9 Å². The van der Waals surface area contributed by atoms with Crippen molar-refractivity contribution in [1.29, 1.82) is 5.41 Å². The van der Waals surface area contributed by atoms with E-state index in [0.717, 1.165) is 36.3 Å². The largest absolute Gasteiger partial charge is 0.490 e. The van der Waals surface area contributed by atoms with Crippen LogP contribution in [0, 0.1) is 11.3 Å². The van der Waals surface area contributed by atoms with E-state index in [1.165, 1.54) is 47.6 Å². The molecule has 6 aromatic rings. The summed E-state index contributed by atoms with van der Waals surface area (Å²) in [6.07, 6.45) is 0.924. The predicted octanol–water partition coefficient (Wildman–Crippen LogP) is -1.50. The number of aromatic nitrogens is 4. The van der Waals surface area contributed by atoms with E-state index in [4.69, 9.17) is 32.5 Å². The smallest absolute Gasteiger partial charge is 0.475 e. The van der Waals surface area contributed by atoms with Crippen molar-refractivity contribution in [3.05, 3.63) is 126 Å². The molecule has 17 amide bonds. The number of nitrogens with two attached hydrogens (primary N) is 3. The lowest BCUT2D eigenvalue weighted by molar-refractivity contribution is -0.192. The molecule has 758 valence electrons. The second-order valence-corrected chi connectivity index (χ2v) is 35.5. The fourth-order valence-electron chi connectivity index (χ4n) is 15.8. The number of unbranched alkanes of at least 4 members (excludes halogenated alkanes) is 2. The number of primary amides is 2. The summed E-state index contributed by atoms with van der Waals surface area (Å²) in [4.78, 5) is 276. The van der Waals surface area contributed by atoms with Gasteiger partial charge in [0.25, 0.3) is 0 Å². The van der Waals surface area contributed by atoms with E-state index in [9.17, 15) is 75.8 Å². The van der Waals surface area contributed by atoms with Crippen LogP contribution in [0.15, 0.2) is 104 Å². The minimum atomic E-state index is -5.08. The van der Waals surface area contributed by atoms with Crippen LogP contribution >= 0.6 is 11.8 Å². The summed E-state index contributed by atoms with van der Waals surface area (Å²) in [5.41, 5.74) is 20.0. The molecule has 3 aromatic carbocycles. The third-order valence-corrected chi connectivity index (χ3v) is 24.4. The first-order chi connectivity index (χ1) is 65.9. The summed E-state index contributed by atoms with van der Waals surface area (Å²) in [6.45, 7) is 5.93. The summed E-state index contributed by atoms with van der Waals surface area (Å²) in [5.74, 6) is -19.9. The number of hydrogen-bond acceptors (Lipinski definition) is 22. The van der Waals surface area contributed by atoms with Crippen LogP contribution in [0.1, 0.15) is 134 Å². The number of aliphatic hydroxyl groups is 1. The maximum atomic E-state index is 15.7. The number of fused-ring (bicyclic) bond motifs is 3. The van der Waals surface area contributed by atoms with Crippen LogP contribution in [0.3, 0.4) is 0 Å². The summed E-state index contributed by atoms with van der Waals surface area (Å²) in [7, 11) is 5.25. The van der Waals surface area contributed by atoms with Crippen LogP contribution in [0.25, 0.3) is 21.8 Å². The summed E-state index contributed by atoms with van der Waals surface area (Å²) in [5, 5.41) is 56.5. The average Bonchev–Trinajstić information content (AvgIpc) is 1.09. The zero-order chi connectivity index (χ0) is 103. The molecule has 13 unspecified atom stereocenters. The predicted molar refractivity (Wildman–Crippen MR) is 503 cm³/mol. The number of thioether (sulfide) groups is 1. The highest BCUT2D eigenvalue weighted by atomic mass is 32.2. The van der Waals surface area contributed by atoms with Crippen LogP contribution in [0.5, 0.6) is 0 Å². The highest BCUT2D eigenvalue weighted by molar-refractivity contribution is 8.00. The van der Waals surface area contributed by atoms with Gasteiger partial charge in [-0.2, -0.15) is 13.2 Å². The molecule has 0 radical (unpaired) electrons. The highest BCUT2D eigenvalue weighted by Crippen LogP contribution is 2.27. The van der Waals surface area contributed by atoms with Crippen molar-refractivity contribution in [3.8, 4) is 0 Å². The molecule has 13 atom stereocenters. The first-order valence-electron chi connectivity index (χ1n) is 45.5. The van der Waals surface area contributed by atoms with E-state index in [1.54, 1.807) is 105 Å². The minimum absolute atomic E-state index is 0.00145. The Balaban J connectivity index is 0.00000361. The van der Waals surface area contributed by atoms with Crippen molar-refractivity contribution in [3.63, 3.8) is 0 Å². The monoisotopic (exact) mass is 1960 g/mol. The van der Waals surface area contributed by atoms with E-state index in [2.05, 4.69) is 78.4 Å². The number of hydrogen-bond donors (Lipinski definition) is 20. The van der Waals surface area contributed by atoms with Crippen molar-refractivity contribution >= 4 is 146 Å². The fraction of sp³-hybridized carbons (Fsp3) is 0.516. The number of aromatic amines is 3. The number of guanidine groups is 1. The normalized spacial score (nSPS) is 22.9. The van der Waals surface area contributed by atoms with Gasteiger partial charge in [0, 0.05) is 119 Å². The number of halogens is 3. The van der Waals surface area contributed by atoms with Gasteiger partial charge in [-0.25, -0.2) is 9.78 Å². The van der Waals surface area contributed by atoms with Crippen molar-refractivity contribution in [2.24, 2.45) is 23.1 Å². The number of H-pyrrole nitrogens is 3. The number of nitrogens with one attached hydrogen (secondary N) is 15. The lowest BCUT2D eigenvalue weighted by atomic mass is 10.00. The number of carbonyl (C=O) groups excluding carboxylic acids is 17. The topological polar surface area (TPSA) is 658 Å². The van der Waals surface area contributed by atoms with E-state index < -0.39 is 235 Å². The number of likely N-dealkylation sites (N-methyl/N-ethyl adjacent to an activating group) is 4. The molecule has 5 heterocycles. The molecule has 139 heavy (non-hydrogen) atoms. The van der Waals surface area contributed by atoms with Crippen LogP contribution in [0.2, 0.25) is 0 Å². The van der Waals surface area contributed by atoms with Gasteiger partial charge in [0.2, 0.25) is 100 Å². The van der Waals surface area contributed by atoms with Gasteiger partial charge >= 0.3 is 12.1 Å². The Bertz CT molecular complexity index is 5300. The number of para-hydroxylation sites is 2. The number of carboxylic acids is 1. The van der Waals surface area contributed by atoms with Gasteiger partial charge in [0.05, 0.1) is 38.2 Å². The molecule has 0 saturated carbocycles. The third kappa shape index (κ3) is 33.9. The van der Waals surface area contributed by atoms with E-state index in [0.29, 0.717) is 69.9 Å². The molecule has 8 rings (SSSR count). The van der Waals surface area contributed by atoms with Crippen molar-refractivity contribution < 1.29 is 110 Å². The van der Waals surface area contributed by atoms with E-state index in [-0.39, 0.29) is 89.6 Å². The number of carboxylic acid groups (broad SMARTS) is 1. The second kappa shape index (κ2) is 54.1. The Morgan fingerprint density at radius 1 is 0.554 bits per heavy atom. The maximum absolute atomic E-state index is 15.7. The van der Waals surface area contributed by atoms with Crippen molar-refractivity contribution in [2.45, 2.75) is 222 Å². The number of amides is 17. The Kier molecular flexibility index (Phi) is 43.5. The van der Waals surface area contributed by atoms with Crippen LogP contribution in [0.4, 0.5) is 13.2 Å². The highest BCUT2D eigenvalue weighted by Gasteiger charge is 2.45. The van der Waals surface area contributed by atoms with E-state index >= 15 is 24.0 Å². The van der Waals surface area contributed by atoms with E-state index in [1.807, 2.05) is 13.8 Å². The summed E-state index contributed by atoms with van der Waals surface area (Å²) in [6, 6.07) is 2.90. The molecule has 0 aliphatic carbocycles. The Morgan fingerprint density at radius 3 is 1.64 bits per heavy atom. The first kappa shape index (κ1) is 112. The van der Waals surface area contributed by atoms with Gasteiger partial charge in [0.1, 0.15) is 78.5 Å². The number of alkyl halides is 3. The Hall–Kier alpha value is -14.2. The fourth-order valence-corrected chi connectivity index (χ4v) is 16.7. The van der Waals surface area contributed by atoms with Crippen molar-refractivity contribution in [1.82, 2.24) is 103 Å². The Morgan fingerprint density at radius 2 is 1.07 bits per heavy atom. The molecule has 48 heteroatoms. The van der Waals surface area contributed by atoms with Crippen LogP contribution < -0.4 is 75.7 Å². The van der Waals surface area contributed by atoms with Gasteiger partial charge in [-0.05, 0) is 86.6 Å². The Labute approximate surface area is 804 Å². The molecule has 44 nitrogen and oxygen atoms in total. The average molecular weight is 1970 g/mol.